The van der Waals surface area contributed by atoms with Gasteiger partial charge in [0, 0.05) is 23.6 Å². The van der Waals surface area contributed by atoms with Gasteiger partial charge < -0.3 is 20.1 Å². The van der Waals surface area contributed by atoms with Crippen LogP contribution in [0.25, 0.3) is 0 Å². The first-order chi connectivity index (χ1) is 13.1. The molecule has 0 aliphatic rings. The van der Waals surface area contributed by atoms with Crippen LogP contribution >= 0.6 is 0 Å². The highest BCUT2D eigenvalue weighted by atomic mass is 16.5. The molecule has 138 valence electrons. The molecule has 6 heteroatoms. The predicted molar refractivity (Wildman–Crippen MR) is 106 cm³/mol. The molecule has 1 heterocycles. The Morgan fingerprint density at radius 1 is 0.926 bits per heavy atom. The quantitative estimate of drug-likeness (QED) is 0.679. The number of amides is 1. The molecule has 0 unspecified atom stereocenters. The van der Waals surface area contributed by atoms with E-state index in [1.54, 1.807) is 44.6 Å². The predicted octanol–water partition coefficient (Wildman–Crippen LogP) is 4.40. The van der Waals surface area contributed by atoms with Crippen molar-refractivity contribution in [2.24, 2.45) is 0 Å². The number of benzene rings is 2. The molecule has 27 heavy (non-hydrogen) atoms. The Morgan fingerprint density at radius 3 is 2.41 bits per heavy atom. The number of aromatic nitrogens is 1. The molecule has 0 saturated carbocycles. The molecule has 0 atom stereocenters. The molecule has 6 nitrogen and oxygen atoms in total. The van der Waals surface area contributed by atoms with Gasteiger partial charge in [0.25, 0.3) is 5.91 Å². The highest BCUT2D eigenvalue weighted by molar-refractivity contribution is 6.04. The molecule has 0 aliphatic carbocycles. The standard InChI is InChI=1S/C21H21N3O3/c1-14-5-4-6-16(11-14)23-20-10-7-15(13-22-20)21(25)24-17-8-9-18(26-2)19(12-17)27-3/h4-13H,1-3H3,(H,22,23)(H,24,25). The van der Waals surface area contributed by atoms with Crippen LogP contribution in [0.15, 0.2) is 60.8 Å². The minimum Gasteiger partial charge on any atom is -0.493 e. The summed E-state index contributed by atoms with van der Waals surface area (Å²) in [6.45, 7) is 2.03. The van der Waals surface area contributed by atoms with Crippen LogP contribution in [0.1, 0.15) is 15.9 Å². The zero-order valence-electron chi connectivity index (χ0n) is 15.4. The number of nitrogens with one attached hydrogen (secondary N) is 2. The van der Waals surface area contributed by atoms with E-state index in [4.69, 9.17) is 9.47 Å². The van der Waals surface area contributed by atoms with Gasteiger partial charge in [0.2, 0.25) is 0 Å². The fraction of sp³-hybridized carbons (Fsp3) is 0.143. The zero-order chi connectivity index (χ0) is 19.2. The van der Waals surface area contributed by atoms with Gasteiger partial charge in [-0.3, -0.25) is 4.79 Å². The van der Waals surface area contributed by atoms with Crippen molar-refractivity contribution in [1.29, 1.82) is 0 Å². The normalized spacial score (nSPS) is 10.2. The molecule has 2 N–H and O–H groups in total. The lowest BCUT2D eigenvalue weighted by Gasteiger charge is -2.11. The van der Waals surface area contributed by atoms with E-state index in [0.717, 1.165) is 11.3 Å². The summed E-state index contributed by atoms with van der Waals surface area (Å²) in [6.07, 6.45) is 1.54. The van der Waals surface area contributed by atoms with Crippen molar-refractivity contribution in [3.63, 3.8) is 0 Å². The van der Waals surface area contributed by atoms with Crippen LogP contribution in [0.2, 0.25) is 0 Å². The molecule has 2 aromatic carbocycles. The molecule has 0 spiro atoms. The number of anilines is 3. The maximum atomic E-state index is 12.4. The van der Waals surface area contributed by atoms with Crippen LogP contribution in [-0.2, 0) is 0 Å². The number of methoxy groups -OCH3 is 2. The molecule has 0 aliphatic heterocycles. The second-order valence-corrected chi connectivity index (χ2v) is 5.95. The molecule has 3 rings (SSSR count). The first-order valence-electron chi connectivity index (χ1n) is 8.42. The van der Waals surface area contributed by atoms with Crippen LogP contribution in [0.4, 0.5) is 17.2 Å². The van der Waals surface area contributed by atoms with Gasteiger partial charge in [-0.1, -0.05) is 12.1 Å². The lowest BCUT2D eigenvalue weighted by molar-refractivity contribution is 0.102. The molecule has 1 amide bonds. The summed E-state index contributed by atoms with van der Waals surface area (Å²) < 4.78 is 10.4. The Labute approximate surface area is 158 Å². The number of rotatable bonds is 6. The molecule has 0 bridgehead atoms. The number of hydrogen-bond donors (Lipinski definition) is 2. The summed E-state index contributed by atoms with van der Waals surface area (Å²) in [5.74, 6) is 1.56. The molecule has 0 saturated heterocycles. The number of hydrogen-bond acceptors (Lipinski definition) is 5. The zero-order valence-corrected chi connectivity index (χ0v) is 15.4. The smallest absolute Gasteiger partial charge is 0.257 e. The van der Waals surface area contributed by atoms with Crippen LogP contribution in [0.3, 0.4) is 0 Å². The van der Waals surface area contributed by atoms with Crippen LogP contribution in [0, 0.1) is 6.92 Å². The Balaban J connectivity index is 1.68. The van der Waals surface area contributed by atoms with Crippen LogP contribution in [0.5, 0.6) is 11.5 Å². The van der Waals surface area contributed by atoms with Gasteiger partial charge in [-0.25, -0.2) is 4.98 Å². The SMILES string of the molecule is COc1ccc(NC(=O)c2ccc(Nc3cccc(C)c3)nc2)cc1OC. The largest absolute Gasteiger partial charge is 0.493 e. The molecule has 3 aromatic rings. The number of pyridine rings is 1. The Kier molecular flexibility index (Phi) is 5.56. The van der Waals surface area contributed by atoms with E-state index < -0.39 is 0 Å². The summed E-state index contributed by atoms with van der Waals surface area (Å²) in [6, 6.07) is 16.7. The second-order valence-electron chi connectivity index (χ2n) is 5.95. The Hall–Kier alpha value is -3.54. The molecular formula is C21H21N3O3. The fourth-order valence-corrected chi connectivity index (χ4v) is 2.59. The highest BCUT2D eigenvalue weighted by Gasteiger charge is 2.10. The van der Waals surface area contributed by atoms with Gasteiger partial charge in [-0.2, -0.15) is 0 Å². The number of carbonyl (C=O) groups is 1. The first-order valence-corrected chi connectivity index (χ1v) is 8.42. The summed E-state index contributed by atoms with van der Waals surface area (Å²) >= 11 is 0. The van der Waals surface area contributed by atoms with Crippen molar-refractivity contribution in [3.8, 4) is 11.5 Å². The maximum Gasteiger partial charge on any atom is 0.257 e. The molecule has 1 aromatic heterocycles. The van der Waals surface area contributed by atoms with Crippen molar-refractivity contribution < 1.29 is 14.3 Å². The summed E-state index contributed by atoms with van der Waals surface area (Å²) in [7, 11) is 3.11. The average Bonchev–Trinajstić information content (AvgIpc) is 2.68. The number of ether oxygens (including phenoxy) is 2. The van der Waals surface area contributed by atoms with Gasteiger partial charge in [0.15, 0.2) is 11.5 Å². The van der Waals surface area contributed by atoms with Crippen LogP contribution < -0.4 is 20.1 Å². The summed E-state index contributed by atoms with van der Waals surface area (Å²) in [5, 5.41) is 6.04. The van der Waals surface area contributed by atoms with Crippen molar-refractivity contribution in [1.82, 2.24) is 4.98 Å². The van der Waals surface area contributed by atoms with Gasteiger partial charge >= 0.3 is 0 Å². The van der Waals surface area contributed by atoms with Crippen molar-refractivity contribution >= 4 is 23.1 Å². The fourth-order valence-electron chi connectivity index (χ4n) is 2.59. The monoisotopic (exact) mass is 363 g/mol. The minimum absolute atomic E-state index is 0.253. The third-order valence-electron chi connectivity index (χ3n) is 3.96. The van der Waals surface area contributed by atoms with Gasteiger partial charge in [0.1, 0.15) is 5.82 Å². The Bertz CT molecular complexity index is 940. The third-order valence-corrected chi connectivity index (χ3v) is 3.96. The van der Waals surface area contributed by atoms with E-state index in [2.05, 4.69) is 15.6 Å². The van der Waals surface area contributed by atoms with Gasteiger partial charge in [-0.05, 0) is 48.9 Å². The Morgan fingerprint density at radius 2 is 1.74 bits per heavy atom. The van der Waals surface area contributed by atoms with E-state index in [1.807, 2.05) is 31.2 Å². The maximum absolute atomic E-state index is 12.4. The number of nitrogens with zero attached hydrogens (tertiary/aromatic N) is 1. The van der Waals surface area contributed by atoms with Gasteiger partial charge in [0.05, 0.1) is 19.8 Å². The van der Waals surface area contributed by atoms with Crippen molar-refractivity contribution in [2.75, 3.05) is 24.9 Å². The minimum atomic E-state index is -0.253. The number of aryl methyl sites for hydroxylation is 1. The van der Waals surface area contributed by atoms with E-state index >= 15 is 0 Å². The third kappa shape index (κ3) is 4.55. The first kappa shape index (κ1) is 18.3. The van der Waals surface area contributed by atoms with Crippen LogP contribution in [-0.4, -0.2) is 25.1 Å². The summed E-state index contributed by atoms with van der Waals surface area (Å²) in [5.41, 5.74) is 3.18. The van der Waals surface area contributed by atoms with Gasteiger partial charge in [-0.15, -0.1) is 0 Å². The van der Waals surface area contributed by atoms with E-state index in [-0.39, 0.29) is 5.91 Å². The van der Waals surface area contributed by atoms with E-state index in [9.17, 15) is 4.79 Å². The second kappa shape index (κ2) is 8.23. The van der Waals surface area contributed by atoms with E-state index in [0.29, 0.717) is 28.6 Å². The van der Waals surface area contributed by atoms with E-state index in [1.165, 1.54) is 6.20 Å². The molecular weight excluding hydrogens is 342 g/mol. The number of carbonyl (C=O) groups excluding carboxylic acids is 1. The van der Waals surface area contributed by atoms with Crippen molar-refractivity contribution in [3.05, 3.63) is 71.9 Å². The lowest BCUT2D eigenvalue weighted by Crippen LogP contribution is -2.12. The molecule has 0 radical (unpaired) electrons. The lowest BCUT2D eigenvalue weighted by atomic mass is 10.2. The topological polar surface area (TPSA) is 72.5 Å². The highest BCUT2D eigenvalue weighted by Crippen LogP contribution is 2.30. The summed E-state index contributed by atoms with van der Waals surface area (Å²) in [4.78, 5) is 16.7. The average molecular weight is 363 g/mol. The molecule has 0 fully saturated rings. The van der Waals surface area contributed by atoms with Crippen molar-refractivity contribution in [2.45, 2.75) is 6.92 Å².